The van der Waals surface area contributed by atoms with Crippen LogP contribution >= 0.6 is 0 Å². The second-order valence-corrected chi connectivity index (χ2v) is 12.9. The predicted molar refractivity (Wildman–Crippen MR) is 188 cm³/mol. The molecule has 0 aliphatic heterocycles. The molecule has 1 spiro atoms. The molecule has 0 saturated heterocycles. The summed E-state index contributed by atoms with van der Waals surface area (Å²) in [6.45, 7) is 4.76. The van der Waals surface area contributed by atoms with Gasteiger partial charge in [0.15, 0.2) is 0 Å². The second kappa shape index (κ2) is 9.55. The van der Waals surface area contributed by atoms with Gasteiger partial charge in [-0.3, -0.25) is 0 Å². The van der Waals surface area contributed by atoms with E-state index in [1.54, 1.807) is 0 Å². The van der Waals surface area contributed by atoms with Gasteiger partial charge in [-0.1, -0.05) is 147 Å². The van der Waals surface area contributed by atoms with E-state index < -0.39 is 5.41 Å². The third kappa shape index (κ3) is 3.50. The Morgan fingerprint density at radius 2 is 0.956 bits per heavy atom. The Hall–Kier alpha value is -5.40. The molecule has 45 heavy (non-hydrogen) atoms. The summed E-state index contributed by atoms with van der Waals surface area (Å²) in [4.78, 5) is 2.43. The summed E-state index contributed by atoms with van der Waals surface area (Å²) < 4.78 is 0. The van der Waals surface area contributed by atoms with Gasteiger partial charge in [0, 0.05) is 22.2 Å². The monoisotopic (exact) mass is 575 g/mol. The SMILES string of the molecule is CC1(C)c2ccccc2C2(c3ccccc3-c3ccc(N(c4ccccc4)c4cccc5ccccc45)cc32)c2ccccc21. The highest BCUT2D eigenvalue weighted by Crippen LogP contribution is 2.62. The van der Waals surface area contributed by atoms with Crippen molar-refractivity contribution in [1.29, 1.82) is 0 Å². The van der Waals surface area contributed by atoms with Crippen LogP contribution in [-0.4, -0.2) is 0 Å². The quantitative estimate of drug-likeness (QED) is 0.203. The third-order valence-corrected chi connectivity index (χ3v) is 10.3. The van der Waals surface area contributed by atoms with E-state index in [0.717, 1.165) is 11.4 Å². The fraction of sp³-hybridized carbons (Fsp3) is 0.0909. The molecule has 1 heteroatoms. The van der Waals surface area contributed by atoms with Crippen LogP contribution in [0.4, 0.5) is 17.1 Å². The molecule has 0 atom stereocenters. The summed E-state index contributed by atoms with van der Waals surface area (Å²) in [6, 6.07) is 60.7. The molecule has 0 bridgehead atoms. The smallest absolute Gasteiger partial charge is 0.0720 e. The molecule has 0 unspecified atom stereocenters. The lowest BCUT2D eigenvalue weighted by Crippen LogP contribution is -2.40. The number of benzene rings is 7. The molecule has 0 heterocycles. The molecule has 1 nitrogen and oxygen atoms in total. The maximum Gasteiger partial charge on any atom is 0.0720 e. The standard InChI is InChI=1S/C44H33N/c1-43(2)37-22-10-12-24-39(37)44(40-25-13-11-23-38(40)43)36-21-9-8-20-34(36)35-28-27-32(29-41(35)44)45(31-17-4-3-5-18-31)42-26-14-16-30-15-6-7-19-33(30)42/h3-29H,1-2H3. The molecule has 214 valence electrons. The Morgan fingerprint density at radius 3 is 1.69 bits per heavy atom. The zero-order chi connectivity index (χ0) is 30.2. The largest absolute Gasteiger partial charge is 0.310 e. The molecule has 0 aromatic heterocycles. The van der Waals surface area contributed by atoms with E-state index in [-0.39, 0.29) is 5.41 Å². The van der Waals surface area contributed by atoms with Crippen LogP contribution in [0, 0.1) is 0 Å². The summed E-state index contributed by atoms with van der Waals surface area (Å²) in [7, 11) is 0. The molecular weight excluding hydrogens is 542 g/mol. The van der Waals surface area contributed by atoms with Crippen molar-refractivity contribution in [3.63, 3.8) is 0 Å². The number of fused-ring (bicyclic) bond motifs is 10. The number of rotatable bonds is 3. The van der Waals surface area contributed by atoms with E-state index in [1.165, 1.54) is 61.0 Å². The summed E-state index contributed by atoms with van der Waals surface area (Å²) in [5.74, 6) is 0. The Labute approximate surface area is 265 Å². The summed E-state index contributed by atoms with van der Waals surface area (Å²) >= 11 is 0. The predicted octanol–water partition coefficient (Wildman–Crippen LogP) is 11.3. The molecule has 7 aromatic carbocycles. The highest BCUT2D eigenvalue weighted by atomic mass is 15.1. The third-order valence-electron chi connectivity index (χ3n) is 10.3. The van der Waals surface area contributed by atoms with E-state index in [0.29, 0.717) is 0 Å². The molecule has 0 saturated carbocycles. The van der Waals surface area contributed by atoms with E-state index in [2.05, 4.69) is 183 Å². The maximum absolute atomic E-state index is 2.48. The van der Waals surface area contributed by atoms with Crippen LogP contribution in [0.2, 0.25) is 0 Å². The van der Waals surface area contributed by atoms with Crippen molar-refractivity contribution in [1.82, 2.24) is 0 Å². The lowest BCUT2D eigenvalue weighted by atomic mass is 9.55. The molecule has 7 aromatic rings. The van der Waals surface area contributed by atoms with Gasteiger partial charge < -0.3 is 4.90 Å². The lowest BCUT2D eigenvalue weighted by Gasteiger charge is -2.46. The zero-order valence-electron chi connectivity index (χ0n) is 25.5. The number of hydrogen-bond acceptors (Lipinski definition) is 1. The first-order valence-corrected chi connectivity index (χ1v) is 15.9. The minimum Gasteiger partial charge on any atom is -0.310 e. The molecule has 0 N–H and O–H groups in total. The molecule has 2 aliphatic rings. The summed E-state index contributed by atoms with van der Waals surface area (Å²) in [6.07, 6.45) is 0. The van der Waals surface area contributed by atoms with Crippen LogP contribution in [0.3, 0.4) is 0 Å². The van der Waals surface area contributed by atoms with Crippen molar-refractivity contribution in [3.8, 4) is 11.1 Å². The molecule has 2 aliphatic carbocycles. The van der Waals surface area contributed by atoms with Gasteiger partial charge in [0.25, 0.3) is 0 Å². The molecule has 0 fully saturated rings. The topological polar surface area (TPSA) is 3.24 Å². The van der Waals surface area contributed by atoms with Gasteiger partial charge in [0.1, 0.15) is 0 Å². The first-order chi connectivity index (χ1) is 22.1. The molecule has 0 amide bonds. The Kier molecular flexibility index (Phi) is 5.53. The van der Waals surface area contributed by atoms with Gasteiger partial charge in [0.2, 0.25) is 0 Å². The van der Waals surface area contributed by atoms with Crippen molar-refractivity contribution in [2.24, 2.45) is 0 Å². The van der Waals surface area contributed by atoms with E-state index in [4.69, 9.17) is 0 Å². The molecular formula is C44H33N. The summed E-state index contributed by atoms with van der Waals surface area (Å²) in [5.41, 5.74) is 13.8. The minimum atomic E-state index is -0.425. The molecule has 0 radical (unpaired) electrons. The van der Waals surface area contributed by atoms with Crippen LogP contribution < -0.4 is 4.90 Å². The van der Waals surface area contributed by atoms with Crippen molar-refractivity contribution in [2.45, 2.75) is 24.7 Å². The van der Waals surface area contributed by atoms with E-state index in [1.807, 2.05) is 0 Å². The van der Waals surface area contributed by atoms with Crippen molar-refractivity contribution in [3.05, 3.63) is 197 Å². The van der Waals surface area contributed by atoms with Crippen molar-refractivity contribution in [2.75, 3.05) is 4.90 Å². The Balaban J connectivity index is 1.39. The Bertz CT molecular complexity index is 2200. The number of anilines is 3. The fourth-order valence-electron chi connectivity index (χ4n) is 8.39. The van der Waals surface area contributed by atoms with Crippen molar-refractivity contribution >= 4 is 27.8 Å². The van der Waals surface area contributed by atoms with Crippen LogP contribution in [0.25, 0.3) is 21.9 Å². The van der Waals surface area contributed by atoms with Gasteiger partial charge in [-0.05, 0) is 80.2 Å². The number of nitrogens with zero attached hydrogens (tertiary/aromatic N) is 1. The van der Waals surface area contributed by atoms with E-state index in [9.17, 15) is 0 Å². The second-order valence-electron chi connectivity index (χ2n) is 12.9. The average molecular weight is 576 g/mol. The van der Waals surface area contributed by atoms with Gasteiger partial charge in [-0.2, -0.15) is 0 Å². The molecule has 9 rings (SSSR count). The highest BCUT2D eigenvalue weighted by Gasteiger charge is 2.53. The maximum atomic E-state index is 2.48. The van der Waals surface area contributed by atoms with Gasteiger partial charge >= 0.3 is 0 Å². The van der Waals surface area contributed by atoms with Gasteiger partial charge in [-0.25, -0.2) is 0 Å². The Morgan fingerprint density at radius 1 is 0.400 bits per heavy atom. The first-order valence-electron chi connectivity index (χ1n) is 15.9. The van der Waals surface area contributed by atoms with Gasteiger partial charge in [0.05, 0.1) is 11.1 Å². The average Bonchev–Trinajstić information content (AvgIpc) is 3.39. The highest BCUT2D eigenvalue weighted by molar-refractivity contribution is 5.99. The first kappa shape index (κ1) is 26.0. The minimum absolute atomic E-state index is 0.118. The van der Waals surface area contributed by atoms with Crippen LogP contribution in [0.5, 0.6) is 0 Å². The van der Waals surface area contributed by atoms with Crippen LogP contribution in [-0.2, 0) is 10.8 Å². The van der Waals surface area contributed by atoms with E-state index >= 15 is 0 Å². The number of para-hydroxylation sites is 1. The number of hydrogen-bond donors (Lipinski definition) is 0. The zero-order valence-corrected chi connectivity index (χ0v) is 25.5. The summed E-state index contributed by atoms with van der Waals surface area (Å²) in [5, 5.41) is 2.47. The van der Waals surface area contributed by atoms with Crippen molar-refractivity contribution < 1.29 is 0 Å². The van der Waals surface area contributed by atoms with Crippen LogP contribution in [0.15, 0.2) is 164 Å². The van der Waals surface area contributed by atoms with Crippen LogP contribution in [0.1, 0.15) is 47.2 Å². The normalized spacial score (nSPS) is 14.8. The lowest BCUT2D eigenvalue weighted by molar-refractivity contribution is 0.563. The van der Waals surface area contributed by atoms with Gasteiger partial charge in [-0.15, -0.1) is 0 Å². The fourth-order valence-corrected chi connectivity index (χ4v) is 8.39.